The summed E-state index contributed by atoms with van der Waals surface area (Å²) in [5.74, 6) is -0.999. The smallest absolute Gasteiger partial charge is 0.272 e. The molecule has 162 valence electrons. The zero-order valence-corrected chi connectivity index (χ0v) is 18.0. The third kappa shape index (κ3) is 5.66. The molecule has 0 aliphatic heterocycles. The molecule has 2 N–H and O–H groups in total. The summed E-state index contributed by atoms with van der Waals surface area (Å²) in [6.45, 7) is 5.73. The van der Waals surface area contributed by atoms with Gasteiger partial charge in [0.05, 0.1) is 4.92 Å². The minimum absolute atomic E-state index is 0.0314. The van der Waals surface area contributed by atoms with Crippen molar-refractivity contribution < 1.29 is 14.5 Å². The van der Waals surface area contributed by atoms with Gasteiger partial charge in [0, 0.05) is 23.4 Å². The second-order valence-corrected chi connectivity index (χ2v) is 7.50. The SMILES string of the molecule is Cc1ccc(C(=O)N/C(=C/c2cccc([N+](=O)[O-])c2)C(=O)Nc2ccc(C)cc2C)cc1. The van der Waals surface area contributed by atoms with Gasteiger partial charge in [0.1, 0.15) is 5.70 Å². The van der Waals surface area contributed by atoms with Gasteiger partial charge in [-0.25, -0.2) is 0 Å². The molecule has 3 rings (SSSR count). The molecule has 0 atom stereocenters. The first-order chi connectivity index (χ1) is 15.2. The van der Waals surface area contributed by atoms with Crippen LogP contribution in [-0.2, 0) is 4.79 Å². The average Bonchev–Trinajstić information content (AvgIpc) is 2.75. The van der Waals surface area contributed by atoms with Crippen LogP contribution < -0.4 is 10.6 Å². The maximum absolute atomic E-state index is 13.1. The van der Waals surface area contributed by atoms with E-state index in [0.29, 0.717) is 16.8 Å². The topological polar surface area (TPSA) is 101 Å². The number of amides is 2. The van der Waals surface area contributed by atoms with Crippen LogP contribution in [0.15, 0.2) is 72.4 Å². The van der Waals surface area contributed by atoms with Crippen molar-refractivity contribution in [3.63, 3.8) is 0 Å². The fraction of sp³-hybridized carbons (Fsp3) is 0.120. The summed E-state index contributed by atoms with van der Waals surface area (Å²) in [5.41, 5.74) is 4.19. The zero-order chi connectivity index (χ0) is 23.3. The molecule has 0 radical (unpaired) electrons. The Labute approximate surface area is 185 Å². The minimum Gasteiger partial charge on any atom is -0.320 e. The number of nitrogens with one attached hydrogen (secondary N) is 2. The number of hydrogen-bond acceptors (Lipinski definition) is 4. The maximum Gasteiger partial charge on any atom is 0.272 e. The van der Waals surface area contributed by atoms with Crippen LogP contribution in [0.3, 0.4) is 0 Å². The lowest BCUT2D eigenvalue weighted by molar-refractivity contribution is -0.384. The Morgan fingerprint density at radius 2 is 1.59 bits per heavy atom. The van der Waals surface area contributed by atoms with Crippen molar-refractivity contribution in [2.24, 2.45) is 0 Å². The number of carbonyl (C=O) groups excluding carboxylic acids is 2. The number of nitro benzene ring substituents is 1. The Bertz CT molecular complexity index is 1210. The Morgan fingerprint density at radius 3 is 2.25 bits per heavy atom. The van der Waals surface area contributed by atoms with E-state index in [2.05, 4.69) is 10.6 Å². The number of non-ortho nitro benzene ring substituents is 1. The van der Waals surface area contributed by atoms with Crippen molar-refractivity contribution in [2.45, 2.75) is 20.8 Å². The van der Waals surface area contributed by atoms with E-state index in [1.54, 1.807) is 36.4 Å². The molecular weight excluding hydrogens is 406 g/mol. The molecule has 0 aliphatic carbocycles. The summed E-state index contributed by atoms with van der Waals surface area (Å²) < 4.78 is 0. The van der Waals surface area contributed by atoms with E-state index in [9.17, 15) is 19.7 Å². The highest BCUT2D eigenvalue weighted by Crippen LogP contribution is 2.19. The molecular formula is C25H23N3O4. The molecule has 32 heavy (non-hydrogen) atoms. The summed E-state index contributed by atoms with van der Waals surface area (Å²) in [7, 11) is 0. The number of nitrogens with zero attached hydrogens (tertiary/aromatic N) is 1. The molecule has 3 aromatic carbocycles. The molecule has 7 nitrogen and oxygen atoms in total. The molecule has 0 unspecified atom stereocenters. The summed E-state index contributed by atoms with van der Waals surface area (Å²) >= 11 is 0. The summed E-state index contributed by atoms with van der Waals surface area (Å²) in [6.07, 6.45) is 1.41. The minimum atomic E-state index is -0.538. The molecule has 2 amide bonds. The summed E-state index contributed by atoms with van der Waals surface area (Å²) in [5, 5.41) is 16.6. The Balaban J connectivity index is 1.95. The predicted molar refractivity (Wildman–Crippen MR) is 124 cm³/mol. The van der Waals surface area contributed by atoms with Gasteiger partial charge in [-0.3, -0.25) is 19.7 Å². The van der Waals surface area contributed by atoms with Gasteiger partial charge in [0.15, 0.2) is 0 Å². The van der Waals surface area contributed by atoms with Crippen LogP contribution in [0.1, 0.15) is 32.6 Å². The van der Waals surface area contributed by atoms with Crippen LogP contribution in [0.25, 0.3) is 6.08 Å². The van der Waals surface area contributed by atoms with Crippen molar-refractivity contribution in [2.75, 3.05) is 5.32 Å². The first-order valence-corrected chi connectivity index (χ1v) is 9.96. The number of benzene rings is 3. The lowest BCUT2D eigenvalue weighted by Gasteiger charge is -2.13. The van der Waals surface area contributed by atoms with Crippen LogP contribution in [-0.4, -0.2) is 16.7 Å². The normalized spacial score (nSPS) is 11.0. The van der Waals surface area contributed by atoms with E-state index in [1.807, 2.05) is 32.9 Å². The molecule has 0 fully saturated rings. The van der Waals surface area contributed by atoms with Crippen LogP contribution in [0.4, 0.5) is 11.4 Å². The molecule has 3 aromatic rings. The standard InChI is InChI=1S/C25H23N3O4/c1-16-7-10-20(11-8-16)24(29)27-23(15-19-5-4-6-21(14-19)28(31)32)25(30)26-22-12-9-17(2)13-18(22)3/h4-15H,1-3H3,(H,26,30)(H,27,29)/b23-15+. The van der Waals surface area contributed by atoms with Crippen LogP contribution in [0.5, 0.6) is 0 Å². The Hall–Kier alpha value is -4.26. The zero-order valence-electron chi connectivity index (χ0n) is 18.0. The van der Waals surface area contributed by atoms with Gasteiger partial charge in [-0.15, -0.1) is 0 Å². The lowest BCUT2D eigenvalue weighted by atomic mass is 10.1. The Morgan fingerprint density at radius 1 is 0.906 bits per heavy atom. The summed E-state index contributed by atoms with van der Waals surface area (Å²) in [6, 6.07) is 18.4. The first kappa shape index (κ1) is 22.4. The fourth-order valence-electron chi connectivity index (χ4n) is 3.10. The number of anilines is 1. The number of aryl methyl sites for hydroxylation is 3. The molecule has 0 bridgehead atoms. The van der Waals surface area contributed by atoms with Crippen LogP contribution in [0.2, 0.25) is 0 Å². The highest BCUT2D eigenvalue weighted by molar-refractivity contribution is 6.10. The molecule has 7 heteroatoms. The molecule has 0 heterocycles. The van der Waals surface area contributed by atoms with Gasteiger partial charge < -0.3 is 10.6 Å². The molecule has 0 saturated carbocycles. The number of rotatable bonds is 6. The van der Waals surface area contributed by atoms with Gasteiger partial charge in [0.2, 0.25) is 0 Å². The number of carbonyl (C=O) groups is 2. The molecule has 0 aromatic heterocycles. The molecule has 0 spiro atoms. The monoisotopic (exact) mass is 429 g/mol. The number of hydrogen-bond donors (Lipinski definition) is 2. The van der Waals surface area contributed by atoms with Gasteiger partial charge in [-0.1, -0.05) is 47.5 Å². The highest BCUT2D eigenvalue weighted by Gasteiger charge is 2.16. The van der Waals surface area contributed by atoms with Crippen LogP contribution >= 0.6 is 0 Å². The van der Waals surface area contributed by atoms with Crippen molar-refractivity contribution in [1.82, 2.24) is 5.32 Å². The second-order valence-electron chi connectivity index (χ2n) is 7.50. The third-order valence-electron chi connectivity index (χ3n) is 4.83. The van der Waals surface area contributed by atoms with Gasteiger partial charge in [-0.05, 0) is 56.2 Å². The Kier molecular flexibility index (Phi) is 6.80. The van der Waals surface area contributed by atoms with Crippen molar-refractivity contribution >= 4 is 29.3 Å². The summed E-state index contributed by atoms with van der Waals surface area (Å²) in [4.78, 5) is 36.4. The van der Waals surface area contributed by atoms with Gasteiger partial charge >= 0.3 is 0 Å². The predicted octanol–water partition coefficient (Wildman–Crippen LogP) is 4.93. The van der Waals surface area contributed by atoms with E-state index < -0.39 is 16.7 Å². The second kappa shape index (κ2) is 9.70. The average molecular weight is 429 g/mol. The molecule has 0 saturated heterocycles. The largest absolute Gasteiger partial charge is 0.320 e. The third-order valence-corrected chi connectivity index (χ3v) is 4.83. The highest BCUT2D eigenvalue weighted by atomic mass is 16.6. The van der Waals surface area contributed by atoms with Crippen molar-refractivity contribution in [1.29, 1.82) is 0 Å². The van der Waals surface area contributed by atoms with E-state index in [1.165, 1.54) is 24.3 Å². The quantitative estimate of drug-likeness (QED) is 0.329. The van der Waals surface area contributed by atoms with E-state index in [0.717, 1.165) is 16.7 Å². The van der Waals surface area contributed by atoms with E-state index in [-0.39, 0.29) is 11.4 Å². The lowest BCUT2D eigenvalue weighted by Crippen LogP contribution is -2.31. The van der Waals surface area contributed by atoms with Crippen molar-refractivity contribution in [3.05, 3.63) is 110 Å². The molecule has 0 aliphatic rings. The van der Waals surface area contributed by atoms with E-state index >= 15 is 0 Å². The first-order valence-electron chi connectivity index (χ1n) is 9.96. The van der Waals surface area contributed by atoms with Gasteiger partial charge in [0.25, 0.3) is 17.5 Å². The van der Waals surface area contributed by atoms with Crippen molar-refractivity contribution in [3.8, 4) is 0 Å². The van der Waals surface area contributed by atoms with E-state index in [4.69, 9.17) is 0 Å². The van der Waals surface area contributed by atoms with Gasteiger partial charge in [-0.2, -0.15) is 0 Å². The fourth-order valence-corrected chi connectivity index (χ4v) is 3.10. The van der Waals surface area contributed by atoms with Crippen LogP contribution in [0, 0.1) is 30.9 Å². The number of nitro groups is 1. The maximum atomic E-state index is 13.1.